The van der Waals surface area contributed by atoms with Crippen LogP contribution in [0.4, 0.5) is 0 Å². The first-order chi connectivity index (χ1) is 7.36. The van der Waals surface area contributed by atoms with Crippen molar-refractivity contribution in [3.8, 4) is 12.3 Å². The quantitative estimate of drug-likeness (QED) is 0.364. The van der Waals surface area contributed by atoms with Gasteiger partial charge in [-0.25, -0.2) is 0 Å². The maximum absolute atomic E-state index is 5.47. The predicted octanol–water partition coefficient (Wildman–Crippen LogP) is -0.800. The lowest BCUT2D eigenvalue weighted by Gasteiger charge is -2.23. The lowest BCUT2D eigenvalue weighted by molar-refractivity contribution is -0.0850. The molecule has 1 aliphatic heterocycles. The van der Waals surface area contributed by atoms with E-state index in [1.807, 2.05) is 0 Å². The summed E-state index contributed by atoms with van der Waals surface area (Å²) in [5.41, 5.74) is 0. The van der Waals surface area contributed by atoms with Gasteiger partial charge >= 0.3 is 0 Å². The normalized spacial score (nSPS) is 21.9. The summed E-state index contributed by atoms with van der Waals surface area (Å²) < 4.78 is 10.7. The molecule has 1 aliphatic rings. The van der Waals surface area contributed by atoms with Crippen LogP contribution in [0.3, 0.4) is 0 Å². The van der Waals surface area contributed by atoms with E-state index in [0.717, 1.165) is 0 Å². The zero-order chi connectivity index (χ0) is 10.9. The van der Waals surface area contributed by atoms with Crippen molar-refractivity contribution in [2.24, 2.45) is 4.99 Å². The van der Waals surface area contributed by atoms with Gasteiger partial charge in [0.2, 0.25) is 0 Å². The predicted molar refractivity (Wildman–Crippen MR) is 58.8 cm³/mol. The number of terminal acetylenes is 1. The van der Waals surface area contributed by atoms with E-state index in [1.54, 1.807) is 7.05 Å². The molecular formula is C10H17N3O2. The van der Waals surface area contributed by atoms with Crippen LogP contribution in [-0.2, 0) is 9.47 Å². The highest BCUT2D eigenvalue weighted by molar-refractivity contribution is 5.79. The summed E-state index contributed by atoms with van der Waals surface area (Å²) in [6.07, 6.45) is 5.22. The molecule has 1 heterocycles. The van der Waals surface area contributed by atoms with Gasteiger partial charge in [-0.2, -0.15) is 0 Å². The maximum atomic E-state index is 5.47. The average Bonchev–Trinajstić information content (AvgIpc) is 2.31. The van der Waals surface area contributed by atoms with E-state index in [4.69, 9.17) is 15.9 Å². The second-order valence-electron chi connectivity index (χ2n) is 3.08. The fourth-order valence-corrected chi connectivity index (χ4v) is 1.22. The van der Waals surface area contributed by atoms with Crippen LogP contribution in [0.1, 0.15) is 0 Å². The highest BCUT2D eigenvalue weighted by Crippen LogP contribution is 1.98. The Balaban J connectivity index is 2.18. The van der Waals surface area contributed by atoms with E-state index in [1.165, 1.54) is 0 Å². The van der Waals surface area contributed by atoms with E-state index in [9.17, 15) is 0 Å². The monoisotopic (exact) mass is 211 g/mol. The van der Waals surface area contributed by atoms with Crippen molar-refractivity contribution in [2.45, 2.75) is 6.10 Å². The Hall–Kier alpha value is -1.25. The minimum absolute atomic E-state index is 0.0862. The third kappa shape index (κ3) is 4.68. The third-order valence-corrected chi connectivity index (χ3v) is 1.96. The number of hydrogen-bond acceptors (Lipinski definition) is 3. The molecule has 0 aromatic rings. The number of hydrogen-bond donors (Lipinski definition) is 2. The van der Waals surface area contributed by atoms with Crippen LogP contribution < -0.4 is 10.6 Å². The van der Waals surface area contributed by atoms with E-state index < -0.39 is 0 Å². The summed E-state index contributed by atoms with van der Waals surface area (Å²) in [4.78, 5) is 4.01. The second-order valence-corrected chi connectivity index (χ2v) is 3.08. The van der Waals surface area contributed by atoms with Gasteiger partial charge in [0, 0.05) is 13.6 Å². The van der Waals surface area contributed by atoms with Gasteiger partial charge in [-0.1, -0.05) is 5.92 Å². The van der Waals surface area contributed by atoms with Crippen LogP contribution in [-0.4, -0.2) is 52.0 Å². The maximum Gasteiger partial charge on any atom is 0.191 e. The minimum Gasteiger partial charge on any atom is -0.376 e. The smallest absolute Gasteiger partial charge is 0.191 e. The molecule has 0 amide bonds. The molecule has 0 spiro atoms. The Morgan fingerprint density at radius 2 is 2.40 bits per heavy atom. The molecule has 1 atom stereocenters. The summed E-state index contributed by atoms with van der Waals surface area (Å²) >= 11 is 0. The van der Waals surface area contributed by atoms with E-state index in [2.05, 4.69) is 21.5 Å². The fourth-order valence-electron chi connectivity index (χ4n) is 1.22. The zero-order valence-corrected chi connectivity index (χ0v) is 8.95. The van der Waals surface area contributed by atoms with Crippen LogP contribution in [0.5, 0.6) is 0 Å². The molecular weight excluding hydrogens is 194 g/mol. The van der Waals surface area contributed by atoms with Crippen LogP contribution in [0.25, 0.3) is 0 Å². The largest absolute Gasteiger partial charge is 0.376 e. The van der Waals surface area contributed by atoms with Crippen molar-refractivity contribution in [1.82, 2.24) is 10.6 Å². The third-order valence-electron chi connectivity index (χ3n) is 1.96. The molecule has 1 rings (SSSR count). The Morgan fingerprint density at radius 3 is 3.00 bits per heavy atom. The number of rotatable bonds is 3. The van der Waals surface area contributed by atoms with Gasteiger partial charge in [-0.3, -0.25) is 4.99 Å². The van der Waals surface area contributed by atoms with Gasteiger partial charge < -0.3 is 20.1 Å². The lowest BCUT2D eigenvalue weighted by atomic mass is 10.3. The summed E-state index contributed by atoms with van der Waals surface area (Å²) in [7, 11) is 1.70. The highest BCUT2D eigenvalue weighted by Gasteiger charge is 2.14. The highest BCUT2D eigenvalue weighted by atomic mass is 16.6. The van der Waals surface area contributed by atoms with Crippen LogP contribution in [0, 0.1) is 12.3 Å². The first-order valence-electron chi connectivity index (χ1n) is 4.94. The van der Waals surface area contributed by atoms with E-state index in [0.29, 0.717) is 38.9 Å². The SMILES string of the molecule is C#CCNC(=NC)NCC1COCCO1. The number of guanidine groups is 1. The van der Waals surface area contributed by atoms with Crippen LogP contribution in [0.15, 0.2) is 4.99 Å². The second kappa shape index (κ2) is 7.10. The molecule has 0 radical (unpaired) electrons. The minimum atomic E-state index is 0.0862. The molecule has 1 unspecified atom stereocenters. The van der Waals surface area contributed by atoms with Crippen molar-refractivity contribution < 1.29 is 9.47 Å². The molecule has 0 aromatic heterocycles. The Morgan fingerprint density at radius 1 is 1.53 bits per heavy atom. The fraction of sp³-hybridized carbons (Fsp3) is 0.700. The summed E-state index contributed by atoms with van der Waals surface area (Å²) in [5, 5.41) is 6.08. The van der Waals surface area contributed by atoms with Crippen molar-refractivity contribution in [3.63, 3.8) is 0 Å². The molecule has 84 valence electrons. The van der Waals surface area contributed by atoms with Crippen molar-refractivity contribution in [1.29, 1.82) is 0 Å². The molecule has 2 N–H and O–H groups in total. The van der Waals surface area contributed by atoms with Crippen LogP contribution >= 0.6 is 0 Å². The molecule has 0 bridgehead atoms. The zero-order valence-electron chi connectivity index (χ0n) is 8.95. The molecule has 5 heteroatoms. The van der Waals surface area contributed by atoms with Gasteiger partial charge in [0.25, 0.3) is 0 Å². The topological polar surface area (TPSA) is 54.9 Å². The summed E-state index contributed by atoms with van der Waals surface area (Å²) in [5.74, 6) is 3.17. The lowest BCUT2D eigenvalue weighted by Crippen LogP contribution is -2.44. The summed E-state index contributed by atoms with van der Waals surface area (Å²) in [6.45, 7) is 3.09. The van der Waals surface area contributed by atoms with E-state index in [-0.39, 0.29) is 6.10 Å². The average molecular weight is 211 g/mol. The van der Waals surface area contributed by atoms with Crippen molar-refractivity contribution in [3.05, 3.63) is 0 Å². The van der Waals surface area contributed by atoms with Gasteiger partial charge in [0.15, 0.2) is 5.96 Å². The number of ether oxygens (including phenoxy) is 2. The van der Waals surface area contributed by atoms with Gasteiger partial charge in [-0.05, 0) is 0 Å². The molecule has 0 aromatic carbocycles. The Labute approximate surface area is 90.2 Å². The summed E-state index contributed by atoms with van der Waals surface area (Å²) in [6, 6.07) is 0. The van der Waals surface area contributed by atoms with E-state index >= 15 is 0 Å². The first-order valence-corrected chi connectivity index (χ1v) is 4.94. The number of nitrogens with one attached hydrogen (secondary N) is 2. The molecule has 5 nitrogen and oxygen atoms in total. The number of aliphatic imine (C=N–C) groups is 1. The van der Waals surface area contributed by atoms with Crippen LogP contribution in [0.2, 0.25) is 0 Å². The van der Waals surface area contributed by atoms with Gasteiger partial charge in [0.05, 0.1) is 32.5 Å². The van der Waals surface area contributed by atoms with Crippen molar-refractivity contribution in [2.75, 3.05) is 40.0 Å². The molecule has 0 saturated carbocycles. The van der Waals surface area contributed by atoms with Crippen molar-refractivity contribution >= 4 is 5.96 Å². The molecule has 1 saturated heterocycles. The first kappa shape index (κ1) is 11.8. The standard InChI is InChI=1S/C10H17N3O2/c1-3-4-12-10(11-2)13-7-9-8-14-5-6-15-9/h1,9H,4-8H2,2H3,(H2,11,12,13). The molecule has 1 fully saturated rings. The Bertz CT molecular complexity index is 242. The van der Waals surface area contributed by atoms with Gasteiger partial charge in [0.1, 0.15) is 0 Å². The number of nitrogens with zero attached hydrogens (tertiary/aromatic N) is 1. The molecule has 0 aliphatic carbocycles. The molecule has 15 heavy (non-hydrogen) atoms. The van der Waals surface area contributed by atoms with Gasteiger partial charge in [-0.15, -0.1) is 6.42 Å². The Kier molecular flexibility index (Phi) is 5.59.